The first-order valence-electron chi connectivity index (χ1n) is 6.26. The summed E-state index contributed by atoms with van der Waals surface area (Å²) in [5, 5.41) is 0. The zero-order chi connectivity index (χ0) is 10.7. The molecule has 2 atom stereocenters. The van der Waals surface area contributed by atoms with Crippen LogP contribution in [0.2, 0.25) is 0 Å². The van der Waals surface area contributed by atoms with Crippen LogP contribution in [0.25, 0.3) is 0 Å². The van der Waals surface area contributed by atoms with Crippen LogP contribution in [0, 0.1) is 17.8 Å². The minimum absolute atomic E-state index is 0.730. The molecule has 1 saturated heterocycles. The fourth-order valence-electron chi connectivity index (χ4n) is 2.80. The van der Waals surface area contributed by atoms with E-state index in [2.05, 4.69) is 39.5 Å². The first-order valence-corrected chi connectivity index (χ1v) is 6.26. The van der Waals surface area contributed by atoms with Crippen LogP contribution in [0.15, 0.2) is 0 Å². The van der Waals surface area contributed by atoms with Gasteiger partial charge in [-0.15, -0.1) is 0 Å². The summed E-state index contributed by atoms with van der Waals surface area (Å²) in [5.74, 6) is 2.72. The maximum Gasteiger partial charge on any atom is 0.00385 e. The number of hydrogen-bond acceptors (Lipinski definition) is 1. The maximum absolute atomic E-state index is 2.64. The summed E-state index contributed by atoms with van der Waals surface area (Å²) in [7, 11) is 0. The average Bonchev–Trinajstić information content (AvgIpc) is 2.26. The second-order valence-electron chi connectivity index (χ2n) is 5.59. The highest BCUT2D eigenvalue weighted by Crippen LogP contribution is 2.30. The molecule has 0 aromatic carbocycles. The Morgan fingerprint density at radius 2 is 1.57 bits per heavy atom. The fourth-order valence-corrected chi connectivity index (χ4v) is 2.80. The van der Waals surface area contributed by atoms with Crippen LogP contribution in [0.5, 0.6) is 0 Å². The summed E-state index contributed by atoms with van der Waals surface area (Å²) in [6.45, 7) is 14.5. The van der Waals surface area contributed by atoms with Gasteiger partial charge in [-0.1, -0.05) is 20.8 Å². The molecule has 0 bridgehead atoms. The molecule has 0 radical (unpaired) electrons. The smallest absolute Gasteiger partial charge is 0.00385 e. The Labute approximate surface area is 89.9 Å². The first-order chi connectivity index (χ1) is 6.52. The van der Waals surface area contributed by atoms with E-state index in [4.69, 9.17) is 0 Å². The Bertz CT molecular complexity index is 163. The lowest BCUT2D eigenvalue weighted by atomic mass is 9.81. The minimum Gasteiger partial charge on any atom is -0.301 e. The van der Waals surface area contributed by atoms with Crippen LogP contribution in [0.3, 0.4) is 0 Å². The Morgan fingerprint density at radius 1 is 1.00 bits per heavy atom. The van der Waals surface area contributed by atoms with Crippen molar-refractivity contribution in [2.45, 2.75) is 53.5 Å². The SMILES string of the molecule is CC(C)C1CCN(C(C)C)CCC1C. The maximum atomic E-state index is 2.64. The Kier molecular flexibility index (Phi) is 4.43. The average molecular weight is 197 g/mol. The largest absolute Gasteiger partial charge is 0.301 e. The van der Waals surface area contributed by atoms with Crippen molar-refractivity contribution in [1.29, 1.82) is 0 Å². The number of nitrogens with zero attached hydrogens (tertiary/aromatic N) is 1. The van der Waals surface area contributed by atoms with Crippen LogP contribution in [0.1, 0.15) is 47.5 Å². The standard InChI is InChI=1S/C13H27N/c1-10(2)13-7-9-14(11(3)4)8-6-12(13)5/h10-13H,6-9H2,1-5H3. The van der Waals surface area contributed by atoms with Crippen LogP contribution in [-0.4, -0.2) is 24.0 Å². The molecule has 14 heavy (non-hydrogen) atoms. The topological polar surface area (TPSA) is 3.24 Å². The van der Waals surface area contributed by atoms with Crippen molar-refractivity contribution in [1.82, 2.24) is 4.90 Å². The molecule has 1 heteroatoms. The Hall–Kier alpha value is -0.0400. The van der Waals surface area contributed by atoms with E-state index in [0.29, 0.717) is 0 Å². The van der Waals surface area contributed by atoms with Gasteiger partial charge in [0.25, 0.3) is 0 Å². The number of hydrogen-bond donors (Lipinski definition) is 0. The van der Waals surface area contributed by atoms with Gasteiger partial charge >= 0.3 is 0 Å². The summed E-state index contributed by atoms with van der Waals surface area (Å²) >= 11 is 0. The van der Waals surface area contributed by atoms with Gasteiger partial charge in [-0.3, -0.25) is 0 Å². The Morgan fingerprint density at radius 3 is 2.07 bits per heavy atom. The molecule has 0 saturated carbocycles. The molecule has 1 fully saturated rings. The van der Waals surface area contributed by atoms with E-state index in [1.807, 2.05) is 0 Å². The molecular formula is C13H27N. The first kappa shape index (κ1) is 12.0. The molecule has 1 rings (SSSR count). The van der Waals surface area contributed by atoms with Crippen molar-refractivity contribution in [3.63, 3.8) is 0 Å². The van der Waals surface area contributed by atoms with E-state index in [1.165, 1.54) is 25.9 Å². The lowest BCUT2D eigenvalue weighted by Gasteiger charge is -2.25. The second kappa shape index (κ2) is 5.16. The molecule has 1 aliphatic rings. The van der Waals surface area contributed by atoms with Crippen molar-refractivity contribution in [3.8, 4) is 0 Å². The summed E-state index contributed by atoms with van der Waals surface area (Å²) < 4.78 is 0. The lowest BCUT2D eigenvalue weighted by molar-refractivity contribution is 0.223. The van der Waals surface area contributed by atoms with Crippen LogP contribution in [0.4, 0.5) is 0 Å². The molecule has 0 aliphatic carbocycles. The van der Waals surface area contributed by atoms with Crippen LogP contribution >= 0.6 is 0 Å². The molecule has 0 N–H and O–H groups in total. The van der Waals surface area contributed by atoms with Gasteiger partial charge in [0.2, 0.25) is 0 Å². The van der Waals surface area contributed by atoms with E-state index in [0.717, 1.165) is 23.8 Å². The molecule has 1 aliphatic heterocycles. The normalized spacial score (nSPS) is 31.1. The molecule has 0 aromatic heterocycles. The van der Waals surface area contributed by atoms with Gasteiger partial charge in [0.1, 0.15) is 0 Å². The minimum atomic E-state index is 0.730. The highest BCUT2D eigenvalue weighted by molar-refractivity contribution is 4.78. The lowest BCUT2D eigenvalue weighted by Crippen LogP contribution is -2.31. The third-order valence-electron chi connectivity index (χ3n) is 3.94. The zero-order valence-electron chi connectivity index (χ0n) is 10.6. The molecule has 84 valence electrons. The summed E-state index contributed by atoms with van der Waals surface area (Å²) in [5.41, 5.74) is 0. The quantitative estimate of drug-likeness (QED) is 0.656. The van der Waals surface area contributed by atoms with Crippen LogP contribution < -0.4 is 0 Å². The second-order valence-corrected chi connectivity index (χ2v) is 5.59. The van der Waals surface area contributed by atoms with Crippen molar-refractivity contribution < 1.29 is 0 Å². The van der Waals surface area contributed by atoms with Gasteiger partial charge in [-0.05, 0) is 57.5 Å². The highest BCUT2D eigenvalue weighted by atomic mass is 15.1. The third kappa shape index (κ3) is 2.98. The third-order valence-corrected chi connectivity index (χ3v) is 3.94. The monoisotopic (exact) mass is 197 g/mol. The molecule has 0 aromatic rings. The molecule has 2 unspecified atom stereocenters. The van der Waals surface area contributed by atoms with Gasteiger partial charge in [0.15, 0.2) is 0 Å². The summed E-state index contributed by atoms with van der Waals surface area (Å²) in [6.07, 6.45) is 2.79. The summed E-state index contributed by atoms with van der Waals surface area (Å²) in [4.78, 5) is 2.64. The van der Waals surface area contributed by atoms with Gasteiger partial charge in [0, 0.05) is 6.04 Å². The van der Waals surface area contributed by atoms with E-state index in [-0.39, 0.29) is 0 Å². The number of rotatable bonds is 2. The van der Waals surface area contributed by atoms with Crippen molar-refractivity contribution in [3.05, 3.63) is 0 Å². The van der Waals surface area contributed by atoms with E-state index >= 15 is 0 Å². The number of likely N-dealkylation sites (tertiary alicyclic amines) is 1. The van der Waals surface area contributed by atoms with Gasteiger partial charge in [-0.25, -0.2) is 0 Å². The molecule has 0 spiro atoms. The van der Waals surface area contributed by atoms with E-state index < -0.39 is 0 Å². The highest BCUT2D eigenvalue weighted by Gasteiger charge is 2.26. The molecule has 0 amide bonds. The van der Waals surface area contributed by atoms with Crippen molar-refractivity contribution >= 4 is 0 Å². The zero-order valence-corrected chi connectivity index (χ0v) is 10.6. The Balaban J connectivity index is 2.53. The van der Waals surface area contributed by atoms with E-state index in [9.17, 15) is 0 Å². The van der Waals surface area contributed by atoms with Crippen LogP contribution in [-0.2, 0) is 0 Å². The summed E-state index contributed by atoms with van der Waals surface area (Å²) in [6, 6.07) is 0.730. The van der Waals surface area contributed by atoms with Gasteiger partial charge < -0.3 is 4.90 Å². The van der Waals surface area contributed by atoms with Crippen molar-refractivity contribution in [2.75, 3.05) is 13.1 Å². The van der Waals surface area contributed by atoms with Gasteiger partial charge in [0.05, 0.1) is 0 Å². The van der Waals surface area contributed by atoms with Gasteiger partial charge in [-0.2, -0.15) is 0 Å². The molecule has 1 nitrogen and oxygen atoms in total. The fraction of sp³-hybridized carbons (Fsp3) is 1.00. The van der Waals surface area contributed by atoms with E-state index in [1.54, 1.807) is 0 Å². The molecule has 1 heterocycles. The van der Waals surface area contributed by atoms with Crippen molar-refractivity contribution in [2.24, 2.45) is 17.8 Å². The predicted molar refractivity (Wildman–Crippen MR) is 63.4 cm³/mol. The molecular weight excluding hydrogens is 170 g/mol. The predicted octanol–water partition coefficient (Wildman–Crippen LogP) is 3.40.